The molecule has 0 aromatic rings. The molecule has 0 aromatic carbocycles. The zero-order chi connectivity index (χ0) is 7.84. The van der Waals surface area contributed by atoms with Gasteiger partial charge in [0.1, 0.15) is 6.10 Å². The Morgan fingerprint density at radius 1 is 1.73 bits per heavy atom. The number of hydrogen-bond donors (Lipinski definition) is 1. The molecule has 1 heterocycles. The Bertz CT molecular complexity index is 252. The first-order valence-electron chi connectivity index (χ1n) is 3.55. The third kappa shape index (κ3) is 0.770. The number of esters is 1. The van der Waals surface area contributed by atoms with Gasteiger partial charge in [-0.2, -0.15) is 0 Å². The predicted molar refractivity (Wildman–Crippen MR) is 37.8 cm³/mol. The third-order valence-electron chi connectivity index (χ3n) is 2.10. The number of rotatable bonds is 0. The van der Waals surface area contributed by atoms with Gasteiger partial charge in [-0.05, 0) is 0 Å². The van der Waals surface area contributed by atoms with E-state index in [9.17, 15) is 4.79 Å². The van der Waals surface area contributed by atoms with Crippen molar-refractivity contribution < 1.29 is 14.6 Å². The van der Waals surface area contributed by atoms with Gasteiger partial charge >= 0.3 is 5.97 Å². The van der Waals surface area contributed by atoms with Crippen molar-refractivity contribution >= 4 is 5.97 Å². The highest BCUT2D eigenvalue weighted by molar-refractivity contribution is 5.92. The average Bonchev–Trinajstić information content (AvgIpc) is 2.46. The molecule has 1 saturated heterocycles. The maximum absolute atomic E-state index is 10.9. The highest BCUT2D eigenvalue weighted by Gasteiger charge is 2.40. The van der Waals surface area contributed by atoms with Crippen LogP contribution in [0.1, 0.15) is 6.42 Å². The highest BCUT2D eigenvalue weighted by atomic mass is 16.6. The lowest BCUT2D eigenvalue weighted by molar-refractivity contribution is -0.138. The fraction of sp³-hybridized carbons (Fsp3) is 0.375. The zero-order valence-electron chi connectivity index (χ0n) is 5.86. The van der Waals surface area contributed by atoms with Crippen molar-refractivity contribution in [3.63, 3.8) is 0 Å². The molecular formula is C8H8O3. The lowest BCUT2D eigenvalue weighted by Gasteiger charge is -2.03. The molecule has 0 radical (unpaired) electrons. The Balaban J connectivity index is 2.33. The third-order valence-corrected chi connectivity index (χ3v) is 2.10. The quantitative estimate of drug-likeness (QED) is 0.243. The second-order valence-corrected chi connectivity index (χ2v) is 2.72. The molecule has 2 atom stereocenters. The second kappa shape index (κ2) is 2.12. The van der Waals surface area contributed by atoms with Crippen molar-refractivity contribution in [1.29, 1.82) is 0 Å². The van der Waals surface area contributed by atoms with E-state index >= 15 is 0 Å². The van der Waals surface area contributed by atoms with E-state index in [1.807, 2.05) is 12.2 Å². The Morgan fingerprint density at radius 3 is 3.27 bits per heavy atom. The van der Waals surface area contributed by atoms with Crippen LogP contribution in [0.25, 0.3) is 0 Å². The van der Waals surface area contributed by atoms with E-state index in [0.717, 1.165) is 12.7 Å². The molecule has 0 spiro atoms. The van der Waals surface area contributed by atoms with Crippen LogP contribution >= 0.6 is 0 Å². The van der Waals surface area contributed by atoms with Gasteiger partial charge in [-0.3, -0.25) is 0 Å². The largest absolute Gasteiger partial charge is 0.515 e. The summed E-state index contributed by atoms with van der Waals surface area (Å²) in [6.07, 6.45) is 5.43. The van der Waals surface area contributed by atoms with Gasteiger partial charge in [0.25, 0.3) is 0 Å². The van der Waals surface area contributed by atoms with E-state index in [4.69, 9.17) is 9.84 Å². The normalized spacial score (nSPS) is 37.8. The molecule has 11 heavy (non-hydrogen) atoms. The smallest absolute Gasteiger partial charge is 0.338 e. The fourth-order valence-electron chi connectivity index (χ4n) is 1.54. The lowest BCUT2D eigenvalue weighted by atomic mass is 10.0. The number of carbonyl (C=O) groups excluding carboxylic acids is 1. The number of hydrogen-bond acceptors (Lipinski definition) is 3. The molecule has 58 valence electrons. The number of fused-ring (bicyclic) bond motifs is 1. The summed E-state index contributed by atoms with van der Waals surface area (Å²) < 4.78 is 4.96. The molecule has 3 nitrogen and oxygen atoms in total. The predicted octanol–water partition coefficient (Wildman–Crippen LogP) is 0.930. The molecule has 1 fully saturated rings. The minimum Gasteiger partial charge on any atom is -0.515 e. The van der Waals surface area contributed by atoms with Gasteiger partial charge in [0.15, 0.2) is 0 Å². The number of aliphatic hydroxyl groups excluding tert-OH is 1. The van der Waals surface area contributed by atoms with Crippen molar-refractivity contribution in [2.45, 2.75) is 12.5 Å². The molecule has 1 N–H and O–H groups in total. The molecule has 1 aliphatic heterocycles. The molecule has 0 amide bonds. The van der Waals surface area contributed by atoms with E-state index < -0.39 is 0 Å². The standard InChI is InChI=1S/C8H8O3/c9-4-6-5-2-1-3-7(5)11-8(6)10/h1-2,4-5,7,9H,3H2/b6-4-/t5-,7+/m0/s1. The lowest BCUT2D eigenvalue weighted by Crippen LogP contribution is -2.08. The Hall–Kier alpha value is -1.25. The molecule has 1 aliphatic carbocycles. The molecular weight excluding hydrogens is 144 g/mol. The number of carbonyl (C=O) groups is 1. The summed E-state index contributed by atoms with van der Waals surface area (Å²) in [6, 6.07) is 0. The van der Waals surface area contributed by atoms with E-state index in [1.54, 1.807) is 0 Å². The van der Waals surface area contributed by atoms with Crippen molar-refractivity contribution in [2.24, 2.45) is 5.92 Å². The van der Waals surface area contributed by atoms with E-state index in [1.165, 1.54) is 0 Å². The number of aliphatic hydroxyl groups is 1. The summed E-state index contributed by atoms with van der Waals surface area (Å²) in [5, 5.41) is 8.69. The van der Waals surface area contributed by atoms with Gasteiger partial charge in [0, 0.05) is 12.3 Å². The second-order valence-electron chi connectivity index (χ2n) is 2.72. The zero-order valence-corrected chi connectivity index (χ0v) is 5.86. The molecule has 0 saturated carbocycles. The molecule has 0 bridgehead atoms. The van der Waals surface area contributed by atoms with Crippen LogP contribution in [0, 0.1) is 5.92 Å². The van der Waals surface area contributed by atoms with Crippen molar-refractivity contribution in [3.05, 3.63) is 24.0 Å². The van der Waals surface area contributed by atoms with Crippen LogP contribution in [0.4, 0.5) is 0 Å². The molecule has 0 unspecified atom stereocenters. The van der Waals surface area contributed by atoms with Gasteiger partial charge in [-0.15, -0.1) is 0 Å². The van der Waals surface area contributed by atoms with Crippen LogP contribution in [-0.4, -0.2) is 17.2 Å². The summed E-state index contributed by atoms with van der Waals surface area (Å²) in [7, 11) is 0. The van der Waals surface area contributed by atoms with Crippen LogP contribution in [0.15, 0.2) is 24.0 Å². The fourth-order valence-corrected chi connectivity index (χ4v) is 1.54. The summed E-state index contributed by atoms with van der Waals surface area (Å²) >= 11 is 0. The average molecular weight is 152 g/mol. The minimum atomic E-state index is -0.383. The van der Waals surface area contributed by atoms with Gasteiger partial charge in [-0.1, -0.05) is 12.2 Å². The van der Waals surface area contributed by atoms with Gasteiger partial charge in [0.2, 0.25) is 0 Å². The van der Waals surface area contributed by atoms with E-state index in [-0.39, 0.29) is 18.0 Å². The molecule has 2 rings (SSSR count). The molecule has 3 heteroatoms. The van der Waals surface area contributed by atoms with Crippen LogP contribution in [-0.2, 0) is 9.53 Å². The van der Waals surface area contributed by atoms with Gasteiger partial charge < -0.3 is 9.84 Å². The Kier molecular flexibility index (Phi) is 1.24. The van der Waals surface area contributed by atoms with Crippen molar-refractivity contribution in [1.82, 2.24) is 0 Å². The first kappa shape index (κ1) is 6.46. The monoisotopic (exact) mass is 152 g/mol. The van der Waals surface area contributed by atoms with Gasteiger partial charge in [-0.25, -0.2) is 4.79 Å². The Labute approximate surface area is 64.0 Å². The molecule has 2 aliphatic rings. The van der Waals surface area contributed by atoms with Crippen molar-refractivity contribution in [3.8, 4) is 0 Å². The van der Waals surface area contributed by atoms with Gasteiger partial charge in [0.05, 0.1) is 11.8 Å². The Morgan fingerprint density at radius 2 is 2.55 bits per heavy atom. The maximum Gasteiger partial charge on any atom is 0.338 e. The summed E-state index contributed by atoms with van der Waals surface area (Å²) in [5.74, 6) is -0.389. The van der Waals surface area contributed by atoms with E-state index in [0.29, 0.717) is 5.57 Å². The summed E-state index contributed by atoms with van der Waals surface area (Å²) in [5.41, 5.74) is 0.378. The van der Waals surface area contributed by atoms with Crippen LogP contribution in [0.2, 0.25) is 0 Å². The topological polar surface area (TPSA) is 46.5 Å². The maximum atomic E-state index is 10.9. The summed E-state index contributed by atoms with van der Waals surface area (Å²) in [4.78, 5) is 10.9. The first-order valence-corrected chi connectivity index (χ1v) is 3.55. The molecule has 0 aromatic heterocycles. The highest BCUT2D eigenvalue weighted by Crippen LogP contribution is 2.34. The minimum absolute atomic E-state index is 0.00694. The summed E-state index contributed by atoms with van der Waals surface area (Å²) in [6.45, 7) is 0. The van der Waals surface area contributed by atoms with Crippen LogP contribution < -0.4 is 0 Å². The SMILES string of the molecule is O=C1O[C@@H]2CC=C[C@H]2/C1=C/O. The number of ether oxygens (including phenoxy) is 1. The first-order chi connectivity index (χ1) is 5.33. The van der Waals surface area contributed by atoms with Crippen LogP contribution in [0.3, 0.4) is 0 Å². The van der Waals surface area contributed by atoms with Crippen LogP contribution in [0.5, 0.6) is 0 Å². The van der Waals surface area contributed by atoms with E-state index in [2.05, 4.69) is 0 Å². The van der Waals surface area contributed by atoms with Crippen molar-refractivity contribution in [2.75, 3.05) is 0 Å².